The fourth-order valence-corrected chi connectivity index (χ4v) is 2.82. The summed E-state index contributed by atoms with van der Waals surface area (Å²) >= 11 is 0. The molecular weight excluding hydrogens is 264 g/mol. The van der Waals surface area contributed by atoms with Crippen molar-refractivity contribution in [1.82, 2.24) is 0 Å². The van der Waals surface area contributed by atoms with Gasteiger partial charge in [-0.25, -0.2) is 0 Å². The minimum Gasteiger partial charge on any atom is -0.482 e. The number of fused-ring (bicyclic) bond motifs is 1. The highest BCUT2D eigenvalue weighted by Gasteiger charge is 2.26. The van der Waals surface area contributed by atoms with E-state index >= 15 is 0 Å². The van der Waals surface area contributed by atoms with Crippen LogP contribution < -0.4 is 15.4 Å². The van der Waals surface area contributed by atoms with E-state index in [0.717, 1.165) is 29.8 Å². The molecule has 0 bridgehead atoms. The van der Waals surface area contributed by atoms with Crippen molar-refractivity contribution < 1.29 is 9.53 Å². The summed E-state index contributed by atoms with van der Waals surface area (Å²) in [5.41, 5.74) is 8.23. The number of hydrogen-bond donors (Lipinski definition) is 1. The standard InChI is InChI=1S/C17H24N2O2/c1-4-9-19-14-10-13(17(18)12(5-2)6-3)7-8-15(14)21-11-16(19)20/h4,7-8,10,12,17H,1,5-6,9,11,18H2,2-3H3. The van der Waals surface area contributed by atoms with Gasteiger partial charge in [0.15, 0.2) is 6.61 Å². The summed E-state index contributed by atoms with van der Waals surface area (Å²) in [5, 5.41) is 0. The van der Waals surface area contributed by atoms with Crippen LogP contribution in [0.25, 0.3) is 0 Å². The van der Waals surface area contributed by atoms with Crippen molar-refractivity contribution in [2.45, 2.75) is 32.7 Å². The third-order valence-electron chi connectivity index (χ3n) is 4.18. The van der Waals surface area contributed by atoms with E-state index in [1.807, 2.05) is 18.2 Å². The molecule has 0 aliphatic carbocycles. The number of nitrogens with two attached hydrogens (primary N) is 1. The number of carbonyl (C=O) groups is 1. The highest BCUT2D eigenvalue weighted by molar-refractivity contribution is 5.98. The summed E-state index contributed by atoms with van der Waals surface area (Å²) in [6.07, 6.45) is 3.81. The first-order valence-corrected chi connectivity index (χ1v) is 7.55. The van der Waals surface area contributed by atoms with Gasteiger partial charge in [0, 0.05) is 12.6 Å². The van der Waals surface area contributed by atoms with Crippen molar-refractivity contribution in [3.8, 4) is 5.75 Å². The molecule has 1 aromatic rings. The molecule has 1 heterocycles. The van der Waals surface area contributed by atoms with E-state index in [4.69, 9.17) is 10.5 Å². The van der Waals surface area contributed by atoms with Crippen LogP contribution in [-0.2, 0) is 4.79 Å². The SMILES string of the molecule is C=CCN1C(=O)COc2ccc(C(N)C(CC)CC)cc21. The quantitative estimate of drug-likeness (QED) is 0.819. The maximum absolute atomic E-state index is 12.0. The van der Waals surface area contributed by atoms with Crippen LogP contribution in [0.15, 0.2) is 30.9 Å². The van der Waals surface area contributed by atoms with Gasteiger partial charge in [0.25, 0.3) is 5.91 Å². The zero-order valence-corrected chi connectivity index (χ0v) is 12.8. The lowest BCUT2D eigenvalue weighted by molar-refractivity contribution is -0.121. The zero-order valence-electron chi connectivity index (χ0n) is 12.8. The molecular formula is C17H24N2O2. The second kappa shape index (κ2) is 6.76. The van der Waals surface area contributed by atoms with E-state index in [1.54, 1.807) is 11.0 Å². The molecule has 0 saturated heterocycles. The van der Waals surface area contributed by atoms with E-state index in [-0.39, 0.29) is 18.6 Å². The van der Waals surface area contributed by atoms with Gasteiger partial charge in [0.2, 0.25) is 0 Å². The molecule has 4 nitrogen and oxygen atoms in total. The highest BCUT2D eigenvalue weighted by Crippen LogP contribution is 2.36. The lowest BCUT2D eigenvalue weighted by Crippen LogP contribution is -2.39. The van der Waals surface area contributed by atoms with Gasteiger partial charge in [-0.15, -0.1) is 6.58 Å². The number of anilines is 1. The second-order valence-electron chi connectivity index (χ2n) is 5.41. The van der Waals surface area contributed by atoms with Gasteiger partial charge in [-0.2, -0.15) is 0 Å². The predicted molar refractivity (Wildman–Crippen MR) is 85.5 cm³/mol. The Bertz CT molecular complexity index is 524. The first kappa shape index (κ1) is 15.6. The van der Waals surface area contributed by atoms with Crippen molar-refractivity contribution >= 4 is 11.6 Å². The van der Waals surface area contributed by atoms with Crippen molar-refractivity contribution in [1.29, 1.82) is 0 Å². The minimum atomic E-state index is -0.0457. The fourth-order valence-electron chi connectivity index (χ4n) is 2.82. The number of hydrogen-bond acceptors (Lipinski definition) is 3. The molecule has 0 radical (unpaired) electrons. The van der Waals surface area contributed by atoms with Crippen LogP contribution in [0.1, 0.15) is 38.3 Å². The first-order chi connectivity index (χ1) is 10.1. The lowest BCUT2D eigenvalue weighted by Gasteiger charge is -2.30. The van der Waals surface area contributed by atoms with E-state index in [1.165, 1.54) is 0 Å². The van der Waals surface area contributed by atoms with Crippen LogP contribution in [0.3, 0.4) is 0 Å². The Morgan fingerprint density at radius 2 is 2.14 bits per heavy atom. The average molecular weight is 288 g/mol. The maximum atomic E-state index is 12.0. The summed E-state index contributed by atoms with van der Waals surface area (Å²) in [7, 11) is 0. The van der Waals surface area contributed by atoms with Crippen molar-refractivity contribution in [3.05, 3.63) is 36.4 Å². The molecule has 2 N–H and O–H groups in total. The second-order valence-corrected chi connectivity index (χ2v) is 5.41. The number of benzene rings is 1. The third-order valence-corrected chi connectivity index (χ3v) is 4.18. The molecule has 1 amide bonds. The van der Waals surface area contributed by atoms with Crippen LogP contribution in [0.4, 0.5) is 5.69 Å². The van der Waals surface area contributed by atoms with Gasteiger partial charge in [0.05, 0.1) is 5.69 Å². The van der Waals surface area contributed by atoms with Crippen molar-refractivity contribution in [2.75, 3.05) is 18.1 Å². The number of nitrogens with zero attached hydrogens (tertiary/aromatic N) is 1. The predicted octanol–water partition coefficient (Wildman–Crippen LogP) is 3.03. The Labute approximate surface area is 126 Å². The topological polar surface area (TPSA) is 55.6 Å². The van der Waals surface area contributed by atoms with Gasteiger partial charge < -0.3 is 15.4 Å². The molecule has 1 aliphatic rings. The number of carbonyl (C=O) groups excluding carboxylic acids is 1. The summed E-state index contributed by atoms with van der Waals surface area (Å²) < 4.78 is 5.49. The van der Waals surface area contributed by atoms with Gasteiger partial charge >= 0.3 is 0 Å². The molecule has 1 atom stereocenters. The van der Waals surface area contributed by atoms with E-state index < -0.39 is 0 Å². The van der Waals surface area contributed by atoms with Crippen molar-refractivity contribution in [3.63, 3.8) is 0 Å². The molecule has 1 aromatic carbocycles. The Kier molecular flexibility index (Phi) is 5.02. The Balaban J connectivity index is 2.36. The first-order valence-electron chi connectivity index (χ1n) is 7.55. The van der Waals surface area contributed by atoms with Crippen LogP contribution in [-0.4, -0.2) is 19.1 Å². The van der Waals surface area contributed by atoms with E-state index in [0.29, 0.717) is 12.5 Å². The van der Waals surface area contributed by atoms with Crippen LogP contribution in [0.5, 0.6) is 5.75 Å². The summed E-state index contributed by atoms with van der Waals surface area (Å²) in [6.45, 7) is 8.59. The largest absolute Gasteiger partial charge is 0.482 e. The minimum absolute atomic E-state index is 0.0205. The van der Waals surface area contributed by atoms with Crippen LogP contribution in [0.2, 0.25) is 0 Å². The normalized spacial score (nSPS) is 15.6. The van der Waals surface area contributed by atoms with E-state index in [9.17, 15) is 4.79 Å². The lowest BCUT2D eigenvalue weighted by atomic mass is 9.89. The molecule has 21 heavy (non-hydrogen) atoms. The Hall–Kier alpha value is -1.81. The molecule has 0 spiro atoms. The monoisotopic (exact) mass is 288 g/mol. The van der Waals surface area contributed by atoms with Crippen LogP contribution >= 0.6 is 0 Å². The fraction of sp³-hybridized carbons (Fsp3) is 0.471. The summed E-state index contributed by atoms with van der Waals surface area (Å²) in [4.78, 5) is 13.7. The average Bonchev–Trinajstić information content (AvgIpc) is 2.51. The molecule has 0 saturated carbocycles. The smallest absolute Gasteiger partial charge is 0.265 e. The molecule has 1 unspecified atom stereocenters. The molecule has 0 fully saturated rings. The number of amides is 1. The zero-order chi connectivity index (χ0) is 15.4. The highest BCUT2D eigenvalue weighted by atomic mass is 16.5. The number of ether oxygens (including phenoxy) is 1. The summed E-state index contributed by atoms with van der Waals surface area (Å²) in [6, 6.07) is 5.88. The van der Waals surface area contributed by atoms with Gasteiger partial charge in [-0.3, -0.25) is 4.79 Å². The molecule has 114 valence electrons. The van der Waals surface area contributed by atoms with Crippen LogP contribution in [0, 0.1) is 5.92 Å². The Morgan fingerprint density at radius 1 is 1.43 bits per heavy atom. The molecule has 1 aliphatic heterocycles. The molecule has 4 heteroatoms. The Morgan fingerprint density at radius 3 is 2.76 bits per heavy atom. The number of rotatable bonds is 6. The summed E-state index contributed by atoms with van der Waals surface area (Å²) in [5.74, 6) is 1.13. The van der Waals surface area contributed by atoms with Crippen molar-refractivity contribution in [2.24, 2.45) is 11.7 Å². The maximum Gasteiger partial charge on any atom is 0.265 e. The van der Waals surface area contributed by atoms with Gasteiger partial charge in [-0.05, 0) is 23.6 Å². The van der Waals surface area contributed by atoms with Gasteiger partial charge in [0.1, 0.15) is 5.75 Å². The van der Waals surface area contributed by atoms with E-state index in [2.05, 4.69) is 20.4 Å². The van der Waals surface area contributed by atoms with Gasteiger partial charge in [-0.1, -0.05) is 38.8 Å². The molecule has 0 aromatic heterocycles. The molecule has 2 rings (SSSR count). The third kappa shape index (κ3) is 3.10.